The van der Waals surface area contributed by atoms with Gasteiger partial charge in [-0.25, -0.2) is 4.98 Å². The lowest BCUT2D eigenvalue weighted by Gasteiger charge is -2.15. The molecule has 0 fully saturated rings. The van der Waals surface area contributed by atoms with Gasteiger partial charge in [-0.3, -0.25) is 9.69 Å². The van der Waals surface area contributed by atoms with Crippen molar-refractivity contribution in [1.82, 2.24) is 14.9 Å². The van der Waals surface area contributed by atoms with Gasteiger partial charge in [0.05, 0.1) is 12.1 Å². The minimum absolute atomic E-state index is 0.0410. The van der Waals surface area contributed by atoms with Gasteiger partial charge in [0.2, 0.25) is 0 Å². The van der Waals surface area contributed by atoms with Crippen LogP contribution in [0, 0.1) is 6.92 Å². The summed E-state index contributed by atoms with van der Waals surface area (Å²) in [5.41, 5.74) is 2.06. The summed E-state index contributed by atoms with van der Waals surface area (Å²) < 4.78 is 0.700. The smallest absolute Gasteiger partial charge is 0.268 e. The lowest BCUT2D eigenvalue weighted by Crippen LogP contribution is -2.21. The van der Waals surface area contributed by atoms with Crippen LogP contribution in [0.5, 0.6) is 0 Å². The van der Waals surface area contributed by atoms with E-state index >= 15 is 0 Å². The molecule has 0 aliphatic rings. The molecule has 0 amide bonds. The van der Waals surface area contributed by atoms with Gasteiger partial charge in [-0.15, -0.1) is 22.7 Å². The Hall–Kier alpha value is -1.50. The fourth-order valence-electron chi connectivity index (χ4n) is 2.12. The molecular weight excluding hydrogens is 290 g/mol. The van der Waals surface area contributed by atoms with Crippen LogP contribution in [0.25, 0.3) is 10.2 Å². The van der Waals surface area contributed by atoms with Crippen molar-refractivity contribution in [3.63, 3.8) is 0 Å². The van der Waals surface area contributed by atoms with Crippen LogP contribution in [0.2, 0.25) is 0 Å². The maximum absolute atomic E-state index is 11.9. The second-order valence-electron chi connectivity index (χ2n) is 4.85. The summed E-state index contributed by atoms with van der Waals surface area (Å²) >= 11 is 3.19. The molecule has 0 saturated heterocycles. The lowest BCUT2D eigenvalue weighted by molar-refractivity contribution is 0.313. The van der Waals surface area contributed by atoms with E-state index < -0.39 is 0 Å². The third-order valence-corrected chi connectivity index (χ3v) is 5.08. The predicted molar refractivity (Wildman–Crippen MR) is 84.5 cm³/mol. The third-order valence-electron chi connectivity index (χ3n) is 3.17. The second kappa shape index (κ2) is 5.47. The minimum Gasteiger partial charge on any atom is -0.308 e. The molecule has 0 spiro atoms. The maximum atomic E-state index is 11.9. The van der Waals surface area contributed by atoms with E-state index in [1.165, 1.54) is 21.8 Å². The predicted octanol–water partition coefficient (Wildman–Crippen LogP) is 2.99. The van der Waals surface area contributed by atoms with Crippen LogP contribution < -0.4 is 5.56 Å². The number of nitrogens with one attached hydrogen (secondary N) is 1. The Morgan fingerprint density at radius 1 is 1.25 bits per heavy atom. The number of aromatic amines is 1. The molecule has 20 heavy (non-hydrogen) atoms. The number of nitrogens with zero attached hydrogens (tertiary/aromatic N) is 2. The highest BCUT2D eigenvalue weighted by Crippen LogP contribution is 2.18. The summed E-state index contributed by atoms with van der Waals surface area (Å²) in [6.45, 7) is 3.63. The fraction of sp³-hybridized carbons (Fsp3) is 0.286. The molecule has 0 saturated carbocycles. The average molecular weight is 305 g/mol. The van der Waals surface area contributed by atoms with Gasteiger partial charge >= 0.3 is 0 Å². The molecule has 3 heterocycles. The number of aromatic nitrogens is 2. The van der Waals surface area contributed by atoms with Crippen molar-refractivity contribution in [1.29, 1.82) is 0 Å². The largest absolute Gasteiger partial charge is 0.308 e. The maximum Gasteiger partial charge on any atom is 0.268 e. The van der Waals surface area contributed by atoms with Gasteiger partial charge in [0.1, 0.15) is 10.5 Å². The van der Waals surface area contributed by atoms with E-state index in [1.807, 2.05) is 18.5 Å². The summed E-state index contributed by atoms with van der Waals surface area (Å²) in [5.74, 6) is 0.720. The Morgan fingerprint density at radius 2 is 2.05 bits per heavy atom. The molecule has 6 heteroatoms. The summed E-state index contributed by atoms with van der Waals surface area (Å²) in [5, 5.41) is 4.01. The van der Waals surface area contributed by atoms with Crippen LogP contribution in [-0.4, -0.2) is 21.9 Å². The van der Waals surface area contributed by atoms with E-state index in [2.05, 4.69) is 33.2 Å². The van der Waals surface area contributed by atoms with Crippen LogP contribution in [0.15, 0.2) is 27.7 Å². The van der Waals surface area contributed by atoms with E-state index in [4.69, 9.17) is 0 Å². The number of hydrogen-bond acceptors (Lipinski definition) is 5. The van der Waals surface area contributed by atoms with Crippen molar-refractivity contribution in [3.05, 3.63) is 49.5 Å². The average Bonchev–Trinajstić information content (AvgIpc) is 2.99. The molecule has 0 radical (unpaired) electrons. The Bertz CT molecular complexity index is 787. The van der Waals surface area contributed by atoms with Gasteiger partial charge in [0.25, 0.3) is 5.56 Å². The molecule has 0 aromatic carbocycles. The highest BCUT2D eigenvalue weighted by Gasteiger charge is 2.09. The monoisotopic (exact) mass is 305 g/mol. The zero-order chi connectivity index (χ0) is 14.1. The molecule has 104 valence electrons. The summed E-state index contributed by atoms with van der Waals surface area (Å²) in [4.78, 5) is 22.8. The zero-order valence-electron chi connectivity index (χ0n) is 11.3. The second-order valence-corrected chi connectivity index (χ2v) is 6.76. The van der Waals surface area contributed by atoms with E-state index in [9.17, 15) is 4.79 Å². The Morgan fingerprint density at radius 3 is 2.80 bits per heavy atom. The molecule has 0 unspecified atom stereocenters. The SMILES string of the molecule is Cc1ccsc1CN(C)Cc1nc2ccsc2c(=O)[nH]1. The Labute approximate surface area is 124 Å². The van der Waals surface area contributed by atoms with Gasteiger partial charge in [0, 0.05) is 11.4 Å². The normalized spacial score (nSPS) is 11.6. The molecule has 3 aromatic rings. The summed E-state index contributed by atoms with van der Waals surface area (Å²) in [7, 11) is 2.04. The first-order valence-electron chi connectivity index (χ1n) is 6.31. The first-order valence-corrected chi connectivity index (χ1v) is 8.07. The molecular formula is C14H15N3OS2. The quantitative estimate of drug-likeness (QED) is 0.806. The third kappa shape index (κ3) is 2.67. The summed E-state index contributed by atoms with van der Waals surface area (Å²) in [6.07, 6.45) is 0. The molecule has 3 aromatic heterocycles. The van der Waals surface area contributed by atoms with Gasteiger partial charge in [0.15, 0.2) is 0 Å². The van der Waals surface area contributed by atoms with E-state index in [0.29, 0.717) is 11.2 Å². The van der Waals surface area contributed by atoms with Crippen molar-refractivity contribution in [3.8, 4) is 0 Å². The lowest BCUT2D eigenvalue weighted by atomic mass is 10.3. The molecule has 1 N–H and O–H groups in total. The standard InChI is InChI=1S/C14H15N3OS2/c1-9-3-5-19-11(9)7-17(2)8-12-15-10-4-6-20-13(10)14(18)16-12/h3-6H,7-8H2,1-2H3,(H,15,16,18). The van der Waals surface area contributed by atoms with Crippen molar-refractivity contribution < 1.29 is 0 Å². The first-order chi connectivity index (χ1) is 9.63. The Balaban J connectivity index is 1.78. The molecule has 0 atom stereocenters. The van der Waals surface area contributed by atoms with E-state index in [1.54, 1.807) is 11.3 Å². The van der Waals surface area contributed by atoms with Gasteiger partial charge in [-0.1, -0.05) is 0 Å². The van der Waals surface area contributed by atoms with Crippen molar-refractivity contribution in [2.45, 2.75) is 20.0 Å². The van der Waals surface area contributed by atoms with Crippen LogP contribution in [0.3, 0.4) is 0 Å². The van der Waals surface area contributed by atoms with Gasteiger partial charge in [-0.05, 0) is 42.4 Å². The molecule has 3 rings (SSSR count). The van der Waals surface area contributed by atoms with Crippen LogP contribution in [-0.2, 0) is 13.1 Å². The van der Waals surface area contributed by atoms with Gasteiger partial charge < -0.3 is 4.98 Å². The topological polar surface area (TPSA) is 49.0 Å². The van der Waals surface area contributed by atoms with Crippen LogP contribution >= 0.6 is 22.7 Å². The van der Waals surface area contributed by atoms with E-state index in [-0.39, 0.29) is 5.56 Å². The molecule has 4 nitrogen and oxygen atoms in total. The Kier molecular flexibility index (Phi) is 3.69. The zero-order valence-corrected chi connectivity index (χ0v) is 13.0. The van der Waals surface area contributed by atoms with Gasteiger partial charge in [-0.2, -0.15) is 0 Å². The molecule has 0 bridgehead atoms. The number of fused-ring (bicyclic) bond motifs is 1. The minimum atomic E-state index is -0.0410. The van der Waals surface area contributed by atoms with E-state index in [0.717, 1.165) is 17.9 Å². The number of thiophene rings is 2. The molecule has 0 aliphatic carbocycles. The van der Waals surface area contributed by atoms with Crippen molar-refractivity contribution >= 4 is 32.9 Å². The number of H-pyrrole nitrogens is 1. The summed E-state index contributed by atoms with van der Waals surface area (Å²) in [6, 6.07) is 4.02. The van der Waals surface area contributed by atoms with Crippen LogP contribution in [0.4, 0.5) is 0 Å². The molecule has 0 aliphatic heterocycles. The fourth-order valence-corrected chi connectivity index (χ4v) is 3.83. The highest BCUT2D eigenvalue weighted by molar-refractivity contribution is 7.17. The van der Waals surface area contributed by atoms with Crippen molar-refractivity contribution in [2.24, 2.45) is 0 Å². The van der Waals surface area contributed by atoms with Crippen molar-refractivity contribution in [2.75, 3.05) is 7.05 Å². The number of rotatable bonds is 4. The first kappa shape index (κ1) is 13.5. The number of aryl methyl sites for hydroxylation is 1. The highest BCUT2D eigenvalue weighted by atomic mass is 32.1. The van der Waals surface area contributed by atoms with Crippen LogP contribution in [0.1, 0.15) is 16.3 Å². The number of hydrogen-bond donors (Lipinski definition) is 1.